The number of pyridine rings is 1. The van der Waals surface area contributed by atoms with E-state index in [1.165, 1.54) is 16.1 Å². The Kier molecular flexibility index (Phi) is 6.60. The molecule has 0 bridgehead atoms. The number of benzene rings is 2. The number of hydrogen-bond donors (Lipinski definition) is 1. The number of fused-ring (bicyclic) bond motifs is 1. The number of thioether (sulfide) groups is 1. The molecule has 1 amide bonds. The van der Waals surface area contributed by atoms with Gasteiger partial charge in [-0.15, -0.1) is 11.8 Å². The second-order valence-corrected chi connectivity index (χ2v) is 10.6. The number of rotatable bonds is 6. The third-order valence-electron chi connectivity index (χ3n) is 5.30. The third kappa shape index (κ3) is 4.92. The van der Waals surface area contributed by atoms with E-state index in [2.05, 4.69) is 10.3 Å². The average Bonchev–Trinajstić information content (AvgIpc) is 2.79. The minimum absolute atomic E-state index is 0.159. The van der Waals surface area contributed by atoms with Crippen molar-refractivity contribution in [1.82, 2.24) is 9.29 Å². The van der Waals surface area contributed by atoms with E-state index in [9.17, 15) is 13.2 Å². The van der Waals surface area contributed by atoms with Crippen molar-refractivity contribution in [3.8, 4) is 0 Å². The van der Waals surface area contributed by atoms with Gasteiger partial charge in [0, 0.05) is 29.6 Å². The summed E-state index contributed by atoms with van der Waals surface area (Å²) in [6.07, 6.45) is 4.51. The highest BCUT2D eigenvalue weighted by Gasteiger charge is 2.28. The van der Waals surface area contributed by atoms with Gasteiger partial charge in [0.1, 0.15) is 4.90 Å². The van der Waals surface area contributed by atoms with Gasteiger partial charge >= 0.3 is 0 Å². The maximum absolute atomic E-state index is 13.2. The monoisotopic (exact) mass is 455 g/mol. The fraction of sp³-hybridized carbons (Fsp3) is 0.304. The van der Waals surface area contributed by atoms with Crippen molar-refractivity contribution in [2.75, 3.05) is 24.2 Å². The molecule has 1 N–H and O–H groups in total. The number of carbonyl (C=O) groups excluding carboxylic acids is 1. The molecule has 1 fully saturated rings. The number of piperidine rings is 1. The second kappa shape index (κ2) is 9.38. The standard InChI is InChI=1S/C23H25N3O3S2/c1-17-10-11-19(21(15-17)31(28,29)26-13-3-2-4-14-26)25-22(27)16-30-20-9-5-7-18-8-6-12-24-23(18)20/h5-12,15H,2-4,13-14,16H2,1H3,(H,25,27). The van der Waals surface area contributed by atoms with Crippen LogP contribution in [-0.4, -0.2) is 42.5 Å². The van der Waals surface area contributed by atoms with Crippen molar-refractivity contribution >= 4 is 44.3 Å². The largest absolute Gasteiger partial charge is 0.324 e. The Morgan fingerprint density at radius 3 is 2.68 bits per heavy atom. The Balaban J connectivity index is 1.52. The number of nitrogens with one attached hydrogen (secondary N) is 1. The van der Waals surface area contributed by atoms with Gasteiger partial charge in [0.2, 0.25) is 15.9 Å². The molecule has 0 saturated carbocycles. The molecule has 1 aromatic heterocycles. The molecular weight excluding hydrogens is 430 g/mol. The summed E-state index contributed by atoms with van der Waals surface area (Å²) in [7, 11) is -3.65. The lowest BCUT2D eigenvalue weighted by atomic mass is 10.2. The van der Waals surface area contributed by atoms with Crippen molar-refractivity contribution < 1.29 is 13.2 Å². The van der Waals surface area contributed by atoms with Crippen LogP contribution in [0.3, 0.4) is 0 Å². The first kappa shape index (κ1) is 21.8. The molecule has 0 aliphatic carbocycles. The number of amides is 1. The summed E-state index contributed by atoms with van der Waals surface area (Å²) in [5.74, 6) is -0.0934. The predicted octanol–water partition coefficient (Wildman–Crippen LogP) is 4.45. The molecule has 0 radical (unpaired) electrons. The van der Waals surface area contributed by atoms with Gasteiger partial charge in [0.05, 0.1) is 17.0 Å². The molecule has 3 aromatic rings. The van der Waals surface area contributed by atoms with Gasteiger partial charge in [-0.05, 0) is 49.6 Å². The van der Waals surface area contributed by atoms with E-state index in [0.29, 0.717) is 18.8 Å². The molecule has 8 heteroatoms. The van der Waals surface area contributed by atoms with Gasteiger partial charge in [-0.2, -0.15) is 4.31 Å². The topological polar surface area (TPSA) is 79.4 Å². The highest BCUT2D eigenvalue weighted by atomic mass is 32.2. The van der Waals surface area contributed by atoms with Crippen molar-refractivity contribution in [1.29, 1.82) is 0 Å². The van der Waals surface area contributed by atoms with E-state index >= 15 is 0 Å². The van der Waals surface area contributed by atoms with E-state index < -0.39 is 10.0 Å². The lowest BCUT2D eigenvalue weighted by Gasteiger charge is -2.27. The highest BCUT2D eigenvalue weighted by molar-refractivity contribution is 8.00. The van der Waals surface area contributed by atoms with Gasteiger partial charge in [-0.3, -0.25) is 9.78 Å². The van der Waals surface area contributed by atoms with Crippen LogP contribution in [0.4, 0.5) is 5.69 Å². The molecule has 1 saturated heterocycles. The number of aryl methyl sites for hydroxylation is 1. The zero-order valence-electron chi connectivity index (χ0n) is 17.4. The van der Waals surface area contributed by atoms with E-state index in [1.807, 2.05) is 43.3 Å². The van der Waals surface area contributed by atoms with Crippen LogP contribution in [0.5, 0.6) is 0 Å². The summed E-state index contributed by atoms with van der Waals surface area (Å²) in [4.78, 5) is 18.2. The fourth-order valence-corrected chi connectivity index (χ4v) is 6.30. The maximum atomic E-state index is 13.2. The number of anilines is 1. The Labute approximate surface area is 187 Å². The Morgan fingerprint density at radius 1 is 1.10 bits per heavy atom. The Bertz CT molecular complexity index is 1200. The molecule has 0 spiro atoms. The number of carbonyl (C=O) groups is 1. The minimum atomic E-state index is -3.65. The maximum Gasteiger partial charge on any atom is 0.245 e. The van der Waals surface area contributed by atoms with Crippen LogP contribution in [-0.2, 0) is 14.8 Å². The normalized spacial score (nSPS) is 15.1. The Hall–Kier alpha value is -2.42. The lowest BCUT2D eigenvalue weighted by Crippen LogP contribution is -2.36. The zero-order chi connectivity index (χ0) is 21.8. The molecule has 2 aromatic carbocycles. The molecule has 6 nitrogen and oxygen atoms in total. The summed E-state index contributed by atoms with van der Waals surface area (Å²) < 4.78 is 28.0. The van der Waals surface area contributed by atoms with Gasteiger partial charge in [0.15, 0.2) is 0 Å². The van der Waals surface area contributed by atoms with Gasteiger partial charge in [-0.25, -0.2) is 8.42 Å². The van der Waals surface area contributed by atoms with E-state index in [0.717, 1.165) is 40.6 Å². The summed E-state index contributed by atoms with van der Waals surface area (Å²) in [5.41, 5.74) is 2.02. The van der Waals surface area contributed by atoms with Crippen molar-refractivity contribution in [3.05, 3.63) is 60.3 Å². The van der Waals surface area contributed by atoms with Gasteiger partial charge < -0.3 is 5.32 Å². The van der Waals surface area contributed by atoms with Crippen LogP contribution >= 0.6 is 11.8 Å². The first-order chi connectivity index (χ1) is 14.9. The number of aromatic nitrogens is 1. The molecule has 2 heterocycles. The fourth-order valence-electron chi connectivity index (χ4n) is 3.71. The molecule has 1 aliphatic rings. The van der Waals surface area contributed by atoms with Gasteiger partial charge in [-0.1, -0.05) is 30.7 Å². The summed E-state index contributed by atoms with van der Waals surface area (Å²) in [6.45, 7) is 2.89. The molecule has 1 aliphatic heterocycles. The van der Waals surface area contributed by atoms with Crippen LogP contribution < -0.4 is 5.32 Å². The number of para-hydroxylation sites is 1. The van der Waals surface area contributed by atoms with Crippen molar-refractivity contribution in [2.24, 2.45) is 0 Å². The van der Waals surface area contributed by atoms with Crippen LogP contribution in [0.15, 0.2) is 64.5 Å². The van der Waals surface area contributed by atoms with Crippen LogP contribution in [0, 0.1) is 6.92 Å². The minimum Gasteiger partial charge on any atom is -0.324 e. The van der Waals surface area contributed by atoms with Crippen molar-refractivity contribution in [2.45, 2.75) is 36.0 Å². The molecule has 162 valence electrons. The summed E-state index contributed by atoms with van der Waals surface area (Å²) in [6, 6.07) is 14.8. The molecule has 0 atom stereocenters. The van der Waals surface area contributed by atoms with E-state index in [-0.39, 0.29) is 16.6 Å². The molecule has 31 heavy (non-hydrogen) atoms. The first-order valence-corrected chi connectivity index (χ1v) is 12.7. The van der Waals surface area contributed by atoms with E-state index in [4.69, 9.17) is 0 Å². The van der Waals surface area contributed by atoms with Crippen molar-refractivity contribution in [3.63, 3.8) is 0 Å². The van der Waals surface area contributed by atoms with Gasteiger partial charge in [0.25, 0.3) is 0 Å². The number of nitrogens with zero attached hydrogens (tertiary/aromatic N) is 2. The smallest absolute Gasteiger partial charge is 0.245 e. The summed E-state index contributed by atoms with van der Waals surface area (Å²) in [5, 5.41) is 3.83. The second-order valence-electron chi connectivity index (χ2n) is 7.63. The summed E-state index contributed by atoms with van der Waals surface area (Å²) >= 11 is 1.39. The van der Waals surface area contributed by atoms with Crippen LogP contribution in [0.25, 0.3) is 10.9 Å². The predicted molar refractivity (Wildman–Crippen MR) is 125 cm³/mol. The lowest BCUT2D eigenvalue weighted by molar-refractivity contribution is -0.113. The van der Waals surface area contributed by atoms with Crippen LogP contribution in [0.1, 0.15) is 24.8 Å². The number of sulfonamides is 1. The quantitative estimate of drug-likeness (QED) is 0.556. The first-order valence-electron chi connectivity index (χ1n) is 10.3. The SMILES string of the molecule is Cc1ccc(NC(=O)CSc2cccc3cccnc23)c(S(=O)(=O)N2CCCCC2)c1. The van der Waals surface area contributed by atoms with Crippen LogP contribution in [0.2, 0.25) is 0 Å². The molecule has 4 rings (SSSR count). The number of hydrogen-bond acceptors (Lipinski definition) is 5. The van der Waals surface area contributed by atoms with E-state index in [1.54, 1.807) is 18.3 Å². The third-order valence-corrected chi connectivity index (χ3v) is 8.28. The average molecular weight is 456 g/mol. The Morgan fingerprint density at radius 2 is 1.87 bits per heavy atom. The highest BCUT2D eigenvalue weighted by Crippen LogP contribution is 2.29. The zero-order valence-corrected chi connectivity index (χ0v) is 19.0. The molecular formula is C23H25N3O3S2. The molecule has 0 unspecified atom stereocenters.